The molecule has 2 aromatic carbocycles. The van der Waals surface area contributed by atoms with E-state index < -0.39 is 5.91 Å². The third-order valence-corrected chi connectivity index (χ3v) is 3.73. The molecule has 0 heterocycles. The molecule has 0 fully saturated rings. The van der Waals surface area contributed by atoms with E-state index in [2.05, 4.69) is 11.9 Å². The molecule has 0 saturated heterocycles. The van der Waals surface area contributed by atoms with Crippen LogP contribution in [0.5, 0.6) is 5.75 Å². The number of benzene rings is 2. The summed E-state index contributed by atoms with van der Waals surface area (Å²) in [5.74, 6) is 0.104. The van der Waals surface area contributed by atoms with E-state index in [1.54, 1.807) is 30.3 Å². The lowest BCUT2D eigenvalue weighted by Crippen LogP contribution is -2.13. The maximum Gasteiger partial charge on any atom is 0.266 e. The van der Waals surface area contributed by atoms with Gasteiger partial charge in [-0.25, -0.2) is 0 Å². The highest BCUT2D eigenvalue weighted by Gasteiger charge is 2.11. The van der Waals surface area contributed by atoms with Gasteiger partial charge in [0.25, 0.3) is 5.91 Å². The van der Waals surface area contributed by atoms with Gasteiger partial charge in [-0.05, 0) is 54.8 Å². The van der Waals surface area contributed by atoms with E-state index in [0.717, 1.165) is 11.1 Å². The van der Waals surface area contributed by atoms with Crippen molar-refractivity contribution in [3.8, 4) is 17.9 Å². The van der Waals surface area contributed by atoms with Crippen molar-refractivity contribution < 1.29 is 9.53 Å². The van der Waals surface area contributed by atoms with Crippen molar-refractivity contribution in [3.63, 3.8) is 0 Å². The van der Waals surface area contributed by atoms with E-state index in [1.165, 1.54) is 6.08 Å². The Bertz CT molecular complexity index is 945. The predicted octanol–water partition coefficient (Wildman–Crippen LogP) is 4.17. The predicted molar refractivity (Wildman–Crippen MR) is 105 cm³/mol. The molecule has 0 aliphatic heterocycles. The SMILES string of the molecule is C=CCc1cc(/C=C(/C#N)C(=O)Nc2ccc(C)cc2)ccc1OCC#N. The van der Waals surface area contributed by atoms with Crippen LogP contribution in [0.25, 0.3) is 6.08 Å². The number of nitriles is 2. The Morgan fingerprint density at radius 3 is 2.59 bits per heavy atom. The summed E-state index contributed by atoms with van der Waals surface area (Å²) in [5, 5.41) is 20.7. The molecule has 0 aliphatic carbocycles. The molecular weight excluding hydrogens is 338 g/mol. The van der Waals surface area contributed by atoms with Crippen LogP contribution in [0.2, 0.25) is 0 Å². The van der Waals surface area contributed by atoms with Crippen molar-refractivity contribution >= 4 is 17.7 Å². The zero-order chi connectivity index (χ0) is 19.6. The number of aryl methyl sites for hydroxylation is 1. The van der Waals surface area contributed by atoms with Crippen LogP contribution in [0, 0.1) is 29.6 Å². The van der Waals surface area contributed by atoms with Crippen molar-refractivity contribution in [3.05, 3.63) is 77.4 Å². The molecule has 0 saturated carbocycles. The molecule has 0 spiro atoms. The average molecular weight is 357 g/mol. The normalized spacial score (nSPS) is 10.4. The lowest BCUT2D eigenvalue weighted by Gasteiger charge is -2.09. The number of nitrogens with zero attached hydrogens (tertiary/aromatic N) is 2. The van der Waals surface area contributed by atoms with Gasteiger partial charge in [-0.15, -0.1) is 6.58 Å². The average Bonchev–Trinajstić information content (AvgIpc) is 2.67. The number of amides is 1. The van der Waals surface area contributed by atoms with E-state index in [9.17, 15) is 10.1 Å². The second kappa shape index (κ2) is 9.60. The van der Waals surface area contributed by atoms with E-state index >= 15 is 0 Å². The minimum Gasteiger partial charge on any atom is -0.478 e. The molecule has 5 nitrogen and oxygen atoms in total. The van der Waals surface area contributed by atoms with E-state index in [0.29, 0.717) is 23.4 Å². The Balaban J connectivity index is 2.25. The van der Waals surface area contributed by atoms with Crippen LogP contribution in [-0.4, -0.2) is 12.5 Å². The zero-order valence-corrected chi connectivity index (χ0v) is 15.0. The van der Waals surface area contributed by atoms with Crippen LogP contribution in [0.15, 0.2) is 60.7 Å². The molecule has 2 rings (SSSR count). The Hall–Kier alpha value is -3.83. The molecule has 0 atom stereocenters. The summed E-state index contributed by atoms with van der Waals surface area (Å²) >= 11 is 0. The fourth-order valence-electron chi connectivity index (χ4n) is 2.41. The number of carbonyl (C=O) groups excluding carboxylic acids is 1. The molecule has 0 bridgehead atoms. The van der Waals surface area contributed by atoms with Crippen LogP contribution >= 0.6 is 0 Å². The summed E-state index contributed by atoms with van der Waals surface area (Å²) in [5.41, 5.74) is 3.21. The highest BCUT2D eigenvalue weighted by Crippen LogP contribution is 2.23. The van der Waals surface area contributed by atoms with Crippen molar-refractivity contribution in [1.29, 1.82) is 10.5 Å². The van der Waals surface area contributed by atoms with Crippen molar-refractivity contribution in [2.75, 3.05) is 11.9 Å². The number of carbonyl (C=O) groups is 1. The Morgan fingerprint density at radius 1 is 1.22 bits per heavy atom. The molecule has 0 aliphatic rings. The number of ether oxygens (including phenoxy) is 1. The van der Waals surface area contributed by atoms with Crippen molar-refractivity contribution in [2.24, 2.45) is 0 Å². The van der Waals surface area contributed by atoms with Crippen LogP contribution in [0.4, 0.5) is 5.69 Å². The van der Waals surface area contributed by atoms with Crippen LogP contribution < -0.4 is 10.1 Å². The van der Waals surface area contributed by atoms with E-state index in [4.69, 9.17) is 10.00 Å². The maximum absolute atomic E-state index is 12.4. The van der Waals surface area contributed by atoms with Crippen LogP contribution in [-0.2, 0) is 11.2 Å². The molecule has 2 aromatic rings. The highest BCUT2D eigenvalue weighted by atomic mass is 16.5. The second-order valence-corrected chi connectivity index (χ2v) is 5.80. The monoisotopic (exact) mass is 357 g/mol. The first-order chi connectivity index (χ1) is 13.1. The molecule has 0 aromatic heterocycles. The highest BCUT2D eigenvalue weighted by molar-refractivity contribution is 6.09. The summed E-state index contributed by atoms with van der Waals surface area (Å²) in [6.07, 6.45) is 3.78. The minimum absolute atomic E-state index is 0.00850. The topological polar surface area (TPSA) is 85.9 Å². The number of anilines is 1. The van der Waals surface area contributed by atoms with Gasteiger partial charge in [0.1, 0.15) is 23.5 Å². The quantitative estimate of drug-likeness (QED) is 0.458. The number of hydrogen-bond donors (Lipinski definition) is 1. The lowest BCUT2D eigenvalue weighted by atomic mass is 10.0. The minimum atomic E-state index is -0.476. The van der Waals surface area contributed by atoms with Gasteiger partial charge < -0.3 is 10.1 Å². The number of rotatable bonds is 7. The number of allylic oxidation sites excluding steroid dienone is 1. The fourth-order valence-corrected chi connectivity index (χ4v) is 2.41. The van der Waals surface area contributed by atoms with Gasteiger partial charge in [-0.3, -0.25) is 4.79 Å². The number of hydrogen-bond acceptors (Lipinski definition) is 4. The molecule has 5 heteroatoms. The first-order valence-electron chi connectivity index (χ1n) is 8.30. The summed E-state index contributed by atoms with van der Waals surface area (Å²) in [6, 6.07) is 16.5. The fraction of sp³-hybridized carbons (Fsp3) is 0.136. The van der Waals surface area contributed by atoms with Gasteiger partial charge in [0.15, 0.2) is 6.61 Å². The molecule has 0 unspecified atom stereocenters. The Morgan fingerprint density at radius 2 is 1.96 bits per heavy atom. The van der Waals surface area contributed by atoms with E-state index in [-0.39, 0.29) is 12.2 Å². The summed E-state index contributed by atoms with van der Waals surface area (Å²) in [6.45, 7) is 5.61. The summed E-state index contributed by atoms with van der Waals surface area (Å²) in [7, 11) is 0. The van der Waals surface area contributed by atoms with Crippen LogP contribution in [0.1, 0.15) is 16.7 Å². The van der Waals surface area contributed by atoms with Gasteiger partial charge in [0.05, 0.1) is 0 Å². The standard InChI is InChI=1S/C22H19N3O2/c1-3-4-18-13-17(7-10-21(18)27-12-11-23)14-19(15-24)22(26)25-20-8-5-16(2)6-9-20/h3,5-10,13-14H,1,4,12H2,2H3,(H,25,26)/b19-14-. The van der Waals surface area contributed by atoms with Crippen molar-refractivity contribution in [2.45, 2.75) is 13.3 Å². The molecule has 1 amide bonds. The Kier molecular flexibility index (Phi) is 6.93. The molecule has 134 valence electrons. The first-order valence-corrected chi connectivity index (χ1v) is 8.30. The third kappa shape index (κ3) is 5.59. The second-order valence-electron chi connectivity index (χ2n) is 5.80. The molecule has 27 heavy (non-hydrogen) atoms. The zero-order valence-electron chi connectivity index (χ0n) is 15.0. The molecular formula is C22H19N3O2. The van der Waals surface area contributed by atoms with Gasteiger partial charge in [0.2, 0.25) is 0 Å². The van der Waals surface area contributed by atoms with Crippen molar-refractivity contribution in [1.82, 2.24) is 0 Å². The third-order valence-electron chi connectivity index (χ3n) is 3.73. The van der Waals surface area contributed by atoms with Gasteiger partial charge in [0, 0.05) is 5.69 Å². The maximum atomic E-state index is 12.4. The first kappa shape index (κ1) is 19.5. The molecule has 1 N–H and O–H groups in total. The lowest BCUT2D eigenvalue weighted by molar-refractivity contribution is -0.112. The Labute approximate surface area is 158 Å². The van der Waals surface area contributed by atoms with E-state index in [1.807, 2.05) is 37.3 Å². The smallest absolute Gasteiger partial charge is 0.266 e. The number of nitrogens with one attached hydrogen (secondary N) is 1. The molecule has 0 radical (unpaired) electrons. The van der Waals surface area contributed by atoms with Crippen LogP contribution in [0.3, 0.4) is 0 Å². The summed E-state index contributed by atoms with van der Waals surface area (Å²) in [4.78, 5) is 12.4. The van der Waals surface area contributed by atoms with Gasteiger partial charge in [-0.2, -0.15) is 10.5 Å². The summed E-state index contributed by atoms with van der Waals surface area (Å²) < 4.78 is 5.39. The largest absolute Gasteiger partial charge is 0.478 e. The van der Waals surface area contributed by atoms with Gasteiger partial charge in [-0.1, -0.05) is 29.8 Å². The van der Waals surface area contributed by atoms with Gasteiger partial charge >= 0.3 is 0 Å².